The summed E-state index contributed by atoms with van der Waals surface area (Å²) in [6, 6.07) is 0. The second-order valence-corrected chi connectivity index (χ2v) is 1.24. The van der Waals surface area contributed by atoms with Crippen LogP contribution in [0.15, 0.2) is 0 Å². The average molecular weight is 115 g/mol. The molecule has 0 spiro atoms. The summed E-state index contributed by atoms with van der Waals surface area (Å²) in [5.41, 5.74) is -0.870. The number of hydrogen-bond acceptors (Lipinski definition) is 3. The Balaban J connectivity index is 4.05. The summed E-state index contributed by atoms with van der Waals surface area (Å²) in [6.07, 6.45) is 0. The fourth-order valence-electron chi connectivity index (χ4n) is 0.151. The number of carboxylic acids is 1. The van der Waals surface area contributed by atoms with E-state index in [9.17, 15) is 9.59 Å². The van der Waals surface area contributed by atoms with Crippen LogP contribution < -0.4 is 0 Å². The summed E-state index contributed by atoms with van der Waals surface area (Å²) in [7, 11) is 0. The number of rotatable bonds is 2. The van der Waals surface area contributed by atoms with Crippen molar-refractivity contribution in [2.24, 2.45) is 0 Å². The summed E-state index contributed by atoms with van der Waals surface area (Å²) in [5, 5.41) is 14.4. The summed E-state index contributed by atoms with van der Waals surface area (Å²) >= 11 is 0. The molecule has 0 heterocycles. The number of ketones is 1. The normalized spacial score (nSPS) is 8.12. The lowest BCUT2D eigenvalue weighted by atomic mass is 10.3. The van der Waals surface area contributed by atoms with E-state index >= 15 is 0 Å². The van der Waals surface area contributed by atoms with E-state index in [-0.39, 0.29) is 0 Å². The highest BCUT2D eigenvalue weighted by Crippen LogP contribution is 1.73. The van der Waals surface area contributed by atoms with E-state index in [1.807, 2.05) is 0 Å². The first-order valence-electron chi connectivity index (χ1n) is 1.88. The topological polar surface area (TPSA) is 78.2 Å². The van der Waals surface area contributed by atoms with Crippen molar-refractivity contribution >= 4 is 17.5 Å². The van der Waals surface area contributed by atoms with Crippen LogP contribution in [0, 0.1) is 5.41 Å². The van der Waals surface area contributed by atoms with Gasteiger partial charge in [0.2, 0.25) is 0 Å². The number of carbonyl (C=O) groups excluding carboxylic acids is 1. The molecule has 0 amide bonds. The van der Waals surface area contributed by atoms with E-state index in [1.54, 1.807) is 0 Å². The Morgan fingerprint density at radius 2 is 1.88 bits per heavy atom. The predicted molar refractivity (Wildman–Crippen MR) is 26.0 cm³/mol. The van der Waals surface area contributed by atoms with E-state index < -0.39 is 17.5 Å². The first kappa shape index (κ1) is 6.81. The van der Waals surface area contributed by atoms with Crippen LogP contribution in [-0.2, 0) is 9.59 Å². The third-order valence-corrected chi connectivity index (χ3v) is 0.566. The second-order valence-electron chi connectivity index (χ2n) is 1.24. The highest BCUT2D eigenvalue weighted by molar-refractivity contribution is 6.62. The molecular weight excluding hydrogens is 110 g/mol. The molecule has 0 aliphatic carbocycles. The molecule has 0 aromatic heterocycles. The Hall–Kier alpha value is -1.19. The minimum absolute atomic E-state index is 0.725. The number of hydrogen-bond donors (Lipinski definition) is 2. The van der Waals surface area contributed by atoms with Gasteiger partial charge in [-0.2, -0.15) is 0 Å². The smallest absolute Gasteiger partial charge is 0.357 e. The van der Waals surface area contributed by atoms with Crippen molar-refractivity contribution in [2.45, 2.75) is 6.92 Å². The number of carbonyl (C=O) groups is 2. The molecule has 8 heavy (non-hydrogen) atoms. The molecule has 44 valence electrons. The molecule has 0 unspecified atom stereocenters. The van der Waals surface area contributed by atoms with Gasteiger partial charge in [0.15, 0.2) is 11.5 Å². The van der Waals surface area contributed by atoms with Gasteiger partial charge < -0.3 is 5.11 Å². The monoisotopic (exact) mass is 115 g/mol. The Morgan fingerprint density at radius 3 is 1.88 bits per heavy atom. The van der Waals surface area contributed by atoms with Crippen LogP contribution >= 0.6 is 0 Å². The third-order valence-electron chi connectivity index (χ3n) is 0.566. The zero-order valence-corrected chi connectivity index (χ0v) is 4.26. The highest BCUT2D eigenvalue weighted by Gasteiger charge is 2.10. The Kier molecular flexibility index (Phi) is 1.88. The maximum Gasteiger partial charge on any atom is 0.357 e. The fourth-order valence-corrected chi connectivity index (χ4v) is 0.151. The second kappa shape index (κ2) is 2.20. The molecule has 4 heteroatoms. The molecule has 0 bridgehead atoms. The lowest BCUT2D eigenvalue weighted by Crippen LogP contribution is -2.19. The minimum Gasteiger partial charge on any atom is -0.476 e. The molecule has 0 aromatic rings. The van der Waals surface area contributed by atoms with Crippen LogP contribution in [0.1, 0.15) is 6.92 Å². The zero-order chi connectivity index (χ0) is 6.73. The predicted octanol–water partition coefficient (Wildman–Crippen LogP) is -0.320. The lowest BCUT2D eigenvalue weighted by molar-refractivity contribution is -0.130. The standard InChI is InChI=1S/C4H5NO3/c1-2(6)3(5)4(7)8/h5H,1H3,(H,7,8). The van der Waals surface area contributed by atoms with Gasteiger partial charge in [-0.25, -0.2) is 4.79 Å². The molecule has 2 N–H and O–H groups in total. The van der Waals surface area contributed by atoms with Crippen molar-refractivity contribution < 1.29 is 14.7 Å². The number of Topliss-reactive ketones (excluding diaryl/α,β-unsaturated/α-hetero) is 1. The quantitative estimate of drug-likeness (QED) is 0.382. The summed E-state index contributed by atoms with van der Waals surface area (Å²) in [4.78, 5) is 19.7. The zero-order valence-electron chi connectivity index (χ0n) is 4.26. The Bertz CT molecular complexity index is 133. The van der Waals surface area contributed by atoms with Crippen molar-refractivity contribution in [3.63, 3.8) is 0 Å². The molecule has 0 aliphatic rings. The summed E-state index contributed by atoms with van der Waals surface area (Å²) in [6.45, 7) is 1.04. The minimum atomic E-state index is -1.47. The van der Waals surface area contributed by atoms with Crippen LogP contribution in [0.4, 0.5) is 0 Å². The van der Waals surface area contributed by atoms with E-state index in [2.05, 4.69) is 0 Å². The first-order chi connectivity index (χ1) is 3.55. The SMILES string of the molecule is CC(=O)C(=N)C(=O)O. The molecule has 0 aromatic carbocycles. The first-order valence-corrected chi connectivity index (χ1v) is 1.88. The van der Waals surface area contributed by atoms with E-state index in [0.717, 1.165) is 6.92 Å². The van der Waals surface area contributed by atoms with E-state index in [0.29, 0.717) is 0 Å². The molecule has 0 atom stereocenters. The Labute approximate surface area is 45.6 Å². The van der Waals surface area contributed by atoms with Crippen LogP contribution in [-0.4, -0.2) is 22.6 Å². The van der Waals surface area contributed by atoms with Gasteiger partial charge in [-0.15, -0.1) is 0 Å². The maximum absolute atomic E-state index is 9.98. The average Bonchev–Trinajstić information content (AvgIpc) is 1.64. The molecule has 0 saturated carbocycles. The Morgan fingerprint density at radius 1 is 1.50 bits per heavy atom. The van der Waals surface area contributed by atoms with E-state index in [4.69, 9.17) is 10.5 Å². The van der Waals surface area contributed by atoms with Crippen LogP contribution in [0.5, 0.6) is 0 Å². The van der Waals surface area contributed by atoms with Gasteiger partial charge in [0.05, 0.1) is 0 Å². The van der Waals surface area contributed by atoms with Gasteiger partial charge in [0, 0.05) is 6.92 Å². The molecule has 0 rings (SSSR count). The van der Waals surface area contributed by atoms with Crippen molar-refractivity contribution in [1.82, 2.24) is 0 Å². The van der Waals surface area contributed by atoms with Gasteiger partial charge in [0.25, 0.3) is 0 Å². The molecule has 4 nitrogen and oxygen atoms in total. The molecule has 0 aliphatic heterocycles. The maximum atomic E-state index is 9.98. The van der Waals surface area contributed by atoms with Gasteiger partial charge in [-0.1, -0.05) is 0 Å². The van der Waals surface area contributed by atoms with Crippen LogP contribution in [0.3, 0.4) is 0 Å². The van der Waals surface area contributed by atoms with Gasteiger partial charge in [-0.3, -0.25) is 10.2 Å². The molecule has 0 saturated heterocycles. The largest absolute Gasteiger partial charge is 0.476 e. The number of aliphatic carboxylic acids is 1. The van der Waals surface area contributed by atoms with Crippen molar-refractivity contribution in [2.75, 3.05) is 0 Å². The van der Waals surface area contributed by atoms with Crippen molar-refractivity contribution in [3.05, 3.63) is 0 Å². The number of carboxylic acid groups (broad SMARTS) is 1. The van der Waals surface area contributed by atoms with Gasteiger partial charge in [-0.05, 0) is 0 Å². The fraction of sp³-hybridized carbons (Fsp3) is 0.250. The molecule has 0 fully saturated rings. The summed E-state index contributed by atoms with van der Waals surface area (Å²) < 4.78 is 0. The van der Waals surface area contributed by atoms with E-state index in [1.165, 1.54) is 0 Å². The molecule has 0 radical (unpaired) electrons. The number of nitrogens with one attached hydrogen (secondary N) is 1. The van der Waals surface area contributed by atoms with Gasteiger partial charge in [0.1, 0.15) is 0 Å². The third kappa shape index (κ3) is 1.51. The highest BCUT2D eigenvalue weighted by atomic mass is 16.4. The van der Waals surface area contributed by atoms with Gasteiger partial charge >= 0.3 is 5.97 Å². The van der Waals surface area contributed by atoms with Crippen molar-refractivity contribution in [3.8, 4) is 0 Å². The van der Waals surface area contributed by atoms with Crippen LogP contribution in [0.2, 0.25) is 0 Å². The van der Waals surface area contributed by atoms with Crippen molar-refractivity contribution in [1.29, 1.82) is 5.41 Å². The molecular formula is C4H5NO3. The summed E-state index contributed by atoms with van der Waals surface area (Å²) in [5.74, 6) is -2.20. The lowest BCUT2D eigenvalue weighted by Gasteiger charge is -1.85. The van der Waals surface area contributed by atoms with Crippen LogP contribution in [0.25, 0.3) is 0 Å².